The molecule has 0 saturated carbocycles. The quantitative estimate of drug-likeness (QED) is 0.570. The first-order valence-corrected chi connectivity index (χ1v) is 10.6. The fourth-order valence-corrected chi connectivity index (χ4v) is 4.39. The summed E-state index contributed by atoms with van der Waals surface area (Å²) in [5, 5.41) is 4.29. The Balaban J connectivity index is 1.74. The molecule has 2 saturated heterocycles. The highest BCUT2D eigenvalue weighted by Crippen LogP contribution is 2.27. The predicted octanol–water partition coefficient (Wildman–Crippen LogP) is 3.41. The van der Waals surface area contributed by atoms with Crippen molar-refractivity contribution in [2.24, 2.45) is 10.9 Å². The summed E-state index contributed by atoms with van der Waals surface area (Å²) < 4.78 is 5.34. The minimum absolute atomic E-state index is 0.289. The van der Waals surface area contributed by atoms with Crippen molar-refractivity contribution in [2.45, 2.75) is 32.2 Å². The molecule has 0 bridgehead atoms. The number of halogens is 1. The van der Waals surface area contributed by atoms with Crippen LogP contribution >= 0.6 is 11.6 Å². The molecular formula is C21H33ClN4O. The Hall–Kier alpha value is -1.30. The molecule has 2 atom stereocenters. The summed E-state index contributed by atoms with van der Waals surface area (Å²) in [6, 6.07) is 8.56. The van der Waals surface area contributed by atoms with Crippen molar-refractivity contribution < 1.29 is 4.74 Å². The average Bonchev–Trinajstić information content (AvgIpc) is 3.34. The molecule has 5 nitrogen and oxygen atoms in total. The molecule has 2 unspecified atom stereocenters. The number of methoxy groups -OCH3 is 1. The van der Waals surface area contributed by atoms with Gasteiger partial charge in [0.25, 0.3) is 0 Å². The van der Waals surface area contributed by atoms with Gasteiger partial charge < -0.3 is 15.0 Å². The van der Waals surface area contributed by atoms with Crippen LogP contribution in [-0.4, -0.2) is 68.7 Å². The zero-order valence-electron chi connectivity index (χ0n) is 16.7. The molecule has 0 aliphatic carbocycles. The Morgan fingerprint density at radius 3 is 2.85 bits per heavy atom. The fraction of sp³-hybridized carbons (Fsp3) is 0.667. The zero-order chi connectivity index (χ0) is 19.1. The molecule has 0 radical (unpaired) electrons. The van der Waals surface area contributed by atoms with Crippen molar-refractivity contribution in [1.82, 2.24) is 15.1 Å². The summed E-state index contributed by atoms with van der Waals surface area (Å²) in [7, 11) is 1.79. The summed E-state index contributed by atoms with van der Waals surface area (Å²) in [4.78, 5) is 9.98. The van der Waals surface area contributed by atoms with Crippen LogP contribution in [-0.2, 0) is 4.74 Å². The second kappa shape index (κ2) is 10.3. The van der Waals surface area contributed by atoms with Gasteiger partial charge in [0.2, 0.25) is 0 Å². The molecule has 1 N–H and O–H groups in total. The van der Waals surface area contributed by atoms with Gasteiger partial charge in [-0.1, -0.05) is 23.7 Å². The number of likely N-dealkylation sites (tertiary alicyclic amines) is 2. The van der Waals surface area contributed by atoms with E-state index in [9.17, 15) is 0 Å². The number of rotatable bonds is 7. The Labute approximate surface area is 168 Å². The van der Waals surface area contributed by atoms with Gasteiger partial charge in [-0.05, 0) is 57.0 Å². The minimum Gasteiger partial charge on any atom is -0.384 e. The lowest BCUT2D eigenvalue weighted by molar-refractivity contribution is 0.157. The molecule has 2 aliphatic rings. The van der Waals surface area contributed by atoms with E-state index in [4.69, 9.17) is 21.3 Å². The number of guanidine groups is 1. The van der Waals surface area contributed by atoms with Gasteiger partial charge in [-0.25, -0.2) is 0 Å². The molecule has 0 spiro atoms. The molecule has 0 aromatic heterocycles. The largest absolute Gasteiger partial charge is 0.384 e. The van der Waals surface area contributed by atoms with Crippen LogP contribution < -0.4 is 5.32 Å². The molecule has 27 heavy (non-hydrogen) atoms. The number of nitrogens with one attached hydrogen (secondary N) is 1. The monoisotopic (exact) mass is 392 g/mol. The Kier molecular flexibility index (Phi) is 7.80. The third-order valence-electron chi connectivity index (χ3n) is 5.55. The molecule has 2 heterocycles. The van der Waals surface area contributed by atoms with E-state index in [0.29, 0.717) is 5.92 Å². The van der Waals surface area contributed by atoms with E-state index in [1.54, 1.807) is 7.11 Å². The highest BCUT2D eigenvalue weighted by molar-refractivity contribution is 6.30. The van der Waals surface area contributed by atoms with Gasteiger partial charge in [0.05, 0.1) is 19.2 Å². The standard InChI is InChI=1S/C21H33ClN4O/c1-3-23-21(26-12-9-17(15-26)16-27-2)24-14-20(25-10-4-5-11-25)18-7-6-8-19(22)13-18/h6-8,13,17,20H,3-5,9-12,14-16H2,1-2H3,(H,23,24). The smallest absolute Gasteiger partial charge is 0.193 e. The SMILES string of the molecule is CCNC(=NCC(c1cccc(Cl)c1)N1CCCC1)N1CCC(COC)C1. The normalized spacial score (nSPS) is 22.4. The maximum absolute atomic E-state index is 6.27. The molecule has 2 aliphatic heterocycles. The fourth-order valence-electron chi connectivity index (χ4n) is 4.19. The van der Waals surface area contributed by atoms with Crippen molar-refractivity contribution in [3.63, 3.8) is 0 Å². The number of aliphatic imine (C=N–C) groups is 1. The predicted molar refractivity (Wildman–Crippen MR) is 113 cm³/mol. The summed E-state index contributed by atoms with van der Waals surface area (Å²) in [6.45, 7) is 8.95. The van der Waals surface area contributed by atoms with Crippen LogP contribution in [0.15, 0.2) is 29.3 Å². The van der Waals surface area contributed by atoms with Gasteiger partial charge in [-0.3, -0.25) is 9.89 Å². The van der Waals surface area contributed by atoms with E-state index >= 15 is 0 Å². The lowest BCUT2D eigenvalue weighted by Gasteiger charge is -2.28. The average molecular weight is 393 g/mol. The van der Waals surface area contributed by atoms with Crippen LogP contribution in [0.5, 0.6) is 0 Å². The molecule has 0 amide bonds. The molecular weight excluding hydrogens is 360 g/mol. The molecule has 2 fully saturated rings. The molecule has 3 rings (SSSR count). The molecule has 150 valence electrons. The van der Waals surface area contributed by atoms with Crippen LogP contribution in [0.2, 0.25) is 5.02 Å². The highest BCUT2D eigenvalue weighted by Gasteiger charge is 2.27. The van der Waals surface area contributed by atoms with E-state index in [0.717, 1.165) is 56.9 Å². The molecule has 1 aromatic rings. The van der Waals surface area contributed by atoms with Crippen molar-refractivity contribution in [2.75, 3.05) is 53.0 Å². The van der Waals surface area contributed by atoms with Crippen molar-refractivity contribution in [3.8, 4) is 0 Å². The van der Waals surface area contributed by atoms with Gasteiger partial charge in [-0.2, -0.15) is 0 Å². The van der Waals surface area contributed by atoms with Gasteiger partial charge in [0.15, 0.2) is 5.96 Å². The van der Waals surface area contributed by atoms with Gasteiger partial charge in [0, 0.05) is 37.7 Å². The second-order valence-electron chi connectivity index (χ2n) is 7.56. The third-order valence-corrected chi connectivity index (χ3v) is 5.79. The molecule has 1 aromatic carbocycles. The van der Waals surface area contributed by atoms with Crippen LogP contribution in [0, 0.1) is 5.92 Å². The van der Waals surface area contributed by atoms with Crippen molar-refractivity contribution in [1.29, 1.82) is 0 Å². The van der Waals surface area contributed by atoms with E-state index in [1.165, 1.54) is 24.8 Å². The van der Waals surface area contributed by atoms with Gasteiger partial charge in [-0.15, -0.1) is 0 Å². The lowest BCUT2D eigenvalue weighted by Crippen LogP contribution is -2.41. The maximum Gasteiger partial charge on any atom is 0.193 e. The molecule has 6 heteroatoms. The minimum atomic E-state index is 0.289. The topological polar surface area (TPSA) is 40.1 Å². The summed E-state index contributed by atoms with van der Waals surface area (Å²) in [5.41, 5.74) is 1.27. The highest BCUT2D eigenvalue weighted by atomic mass is 35.5. The summed E-state index contributed by atoms with van der Waals surface area (Å²) >= 11 is 6.27. The van der Waals surface area contributed by atoms with Crippen molar-refractivity contribution >= 4 is 17.6 Å². The lowest BCUT2D eigenvalue weighted by atomic mass is 10.1. The van der Waals surface area contributed by atoms with Gasteiger partial charge >= 0.3 is 0 Å². The summed E-state index contributed by atoms with van der Waals surface area (Å²) in [5.74, 6) is 1.63. The van der Waals surface area contributed by atoms with E-state index in [1.807, 2.05) is 12.1 Å². The van der Waals surface area contributed by atoms with E-state index in [2.05, 4.69) is 34.2 Å². The van der Waals surface area contributed by atoms with E-state index in [-0.39, 0.29) is 6.04 Å². The Morgan fingerprint density at radius 1 is 1.33 bits per heavy atom. The number of benzene rings is 1. The van der Waals surface area contributed by atoms with Crippen LogP contribution in [0.25, 0.3) is 0 Å². The maximum atomic E-state index is 6.27. The van der Waals surface area contributed by atoms with Crippen LogP contribution in [0.1, 0.15) is 37.8 Å². The van der Waals surface area contributed by atoms with Crippen molar-refractivity contribution in [3.05, 3.63) is 34.9 Å². The first kappa shape index (κ1) is 20.4. The zero-order valence-corrected chi connectivity index (χ0v) is 17.4. The number of hydrogen-bond acceptors (Lipinski definition) is 3. The number of hydrogen-bond donors (Lipinski definition) is 1. The van der Waals surface area contributed by atoms with E-state index < -0.39 is 0 Å². The Bertz CT molecular complexity index is 618. The van der Waals surface area contributed by atoms with Gasteiger partial charge in [0.1, 0.15) is 0 Å². The second-order valence-corrected chi connectivity index (χ2v) is 8.00. The number of ether oxygens (including phenoxy) is 1. The Morgan fingerprint density at radius 2 is 2.15 bits per heavy atom. The summed E-state index contributed by atoms with van der Waals surface area (Å²) in [6.07, 6.45) is 3.71. The third kappa shape index (κ3) is 5.59. The number of nitrogens with zero attached hydrogens (tertiary/aromatic N) is 3. The first-order chi connectivity index (χ1) is 13.2. The van der Waals surface area contributed by atoms with Crippen LogP contribution in [0.3, 0.4) is 0 Å². The van der Waals surface area contributed by atoms with Crippen LogP contribution in [0.4, 0.5) is 0 Å². The first-order valence-electron chi connectivity index (χ1n) is 10.2.